The molecule has 8 nitrogen and oxygen atoms in total. The van der Waals surface area contributed by atoms with Crippen molar-refractivity contribution in [1.29, 1.82) is 0 Å². The van der Waals surface area contributed by atoms with Gasteiger partial charge in [-0.05, 0) is 19.8 Å². The lowest BCUT2D eigenvalue weighted by atomic mass is 9.94. The highest BCUT2D eigenvalue weighted by Crippen LogP contribution is 2.38. The molecule has 0 atom stereocenters. The van der Waals surface area contributed by atoms with E-state index in [0.29, 0.717) is 25.9 Å². The second-order valence-electron chi connectivity index (χ2n) is 8.10. The third kappa shape index (κ3) is 4.45. The van der Waals surface area contributed by atoms with Gasteiger partial charge in [0, 0.05) is 30.9 Å². The Balaban J connectivity index is 1.78. The van der Waals surface area contributed by atoms with Crippen LogP contribution in [0, 0.1) is 0 Å². The van der Waals surface area contributed by atoms with E-state index >= 15 is 0 Å². The molecule has 0 saturated carbocycles. The average molecular weight is 445 g/mol. The van der Waals surface area contributed by atoms with E-state index in [1.165, 1.54) is 11.0 Å². The van der Waals surface area contributed by atoms with Crippen LogP contribution in [0.1, 0.15) is 25.5 Å². The van der Waals surface area contributed by atoms with Crippen LogP contribution in [0.5, 0.6) is 0 Å². The summed E-state index contributed by atoms with van der Waals surface area (Å²) in [6.07, 6.45) is -3.12. The van der Waals surface area contributed by atoms with Gasteiger partial charge >= 0.3 is 6.18 Å². The van der Waals surface area contributed by atoms with Crippen molar-refractivity contribution in [2.45, 2.75) is 37.5 Å². The number of piperidine rings is 1. The summed E-state index contributed by atoms with van der Waals surface area (Å²) in [6.45, 7) is 1.22. The molecule has 4 heterocycles. The van der Waals surface area contributed by atoms with Gasteiger partial charge in [-0.1, -0.05) is 0 Å². The van der Waals surface area contributed by atoms with E-state index in [0.717, 1.165) is 6.20 Å². The summed E-state index contributed by atoms with van der Waals surface area (Å²) in [5.41, 5.74) is 2.61. The van der Waals surface area contributed by atoms with E-state index in [9.17, 15) is 27.1 Å². The van der Waals surface area contributed by atoms with Crippen LogP contribution in [0.15, 0.2) is 12.3 Å². The molecule has 2 saturated heterocycles. The van der Waals surface area contributed by atoms with E-state index in [-0.39, 0.29) is 17.5 Å². The molecule has 0 spiro atoms. The molecule has 2 aromatic rings. The lowest BCUT2D eigenvalue weighted by Crippen LogP contribution is -2.56. The maximum absolute atomic E-state index is 13.6. The zero-order valence-corrected chi connectivity index (χ0v) is 16.5. The van der Waals surface area contributed by atoms with E-state index in [4.69, 9.17) is 5.73 Å². The molecular weight excluding hydrogens is 425 g/mol. The first-order chi connectivity index (χ1) is 14.3. The summed E-state index contributed by atoms with van der Waals surface area (Å²) in [7, 11) is 0. The van der Waals surface area contributed by atoms with Crippen LogP contribution >= 0.6 is 0 Å². The van der Waals surface area contributed by atoms with Gasteiger partial charge in [0.15, 0.2) is 5.69 Å². The van der Waals surface area contributed by atoms with Crippen molar-refractivity contribution >= 4 is 17.7 Å². The van der Waals surface area contributed by atoms with Crippen LogP contribution in [-0.2, 0) is 6.18 Å². The molecule has 0 aliphatic carbocycles. The van der Waals surface area contributed by atoms with E-state index in [1.807, 2.05) is 0 Å². The Hall–Kier alpha value is -2.83. The second-order valence-corrected chi connectivity index (χ2v) is 8.10. The molecule has 0 amide bonds. The number of hydrogen-bond donors (Lipinski definition) is 2. The maximum atomic E-state index is 13.6. The van der Waals surface area contributed by atoms with Crippen LogP contribution in [0.3, 0.4) is 0 Å². The van der Waals surface area contributed by atoms with Crippen molar-refractivity contribution < 1.29 is 27.1 Å². The Morgan fingerprint density at radius 1 is 1.06 bits per heavy atom. The van der Waals surface area contributed by atoms with Crippen LogP contribution in [-0.4, -0.2) is 62.7 Å². The van der Waals surface area contributed by atoms with E-state index in [2.05, 4.69) is 19.9 Å². The van der Waals surface area contributed by atoms with Gasteiger partial charge < -0.3 is 20.6 Å². The third-order valence-corrected chi connectivity index (χ3v) is 5.34. The molecule has 13 heteroatoms. The highest BCUT2D eigenvalue weighted by molar-refractivity contribution is 5.68. The molecule has 2 aliphatic heterocycles. The van der Waals surface area contributed by atoms with Gasteiger partial charge in [0.1, 0.15) is 5.82 Å². The fourth-order valence-electron chi connectivity index (χ4n) is 3.53. The minimum atomic E-state index is -4.83. The summed E-state index contributed by atoms with van der Waals surface area (Å²) in [6, 6.07) is 1.21. The quantitative estimate of drug-likeness (QED) is 0.694. The van der Waals surface area contributed by atoms with Gasteiger partial charge in [-0.15, -0.1) is 0 Å². The van der Waals surface area contributed by atoms with Crippen LogP contribution in [0.25, 0.3) is 11.3 Å². The largest absolute Gasteiger partial charge is 0.434 e. The molecule has 0 unspecified atom stereocenters. The van der Waals surface area contributed by atoms with Crippen LogP contribution in [0.2, 0.25) is 0 Å². The number of aromatic nitrogens is 4. The highest BCUT2D eigenvalue weighted by atomic mass is 19.4. The molecule has 0 radical (unpaired) electrons. The van der Waals surface area contributed by atoms with Crippen molar-refractivity contribution in [1.82, 2.24) is 19.9 Å². The molecule has 31 heavy (non-hydrogen) atoms. The SMILES string of the molecule is CC1(O)CCN(c2nc(-c3cnc(N)nc3C(F)(F)F)cc(N3CC(F)(F)C3)n2)CC1. The van der Waals surface area contributed by atoms with Gasteiger partial charge in [0.25, 0.3) is 5.92 Å². The minimum Gasteiger partial charge on any atom is -0.390 e. The molecule has 0 bridgehead atoms. The number of anilines is 3. The predicted molar refractivity (Wildman–Crippen MR) is 102 cm³/mol. The summed E-state index contributed by atoms with van der Waals surface area (Å²) in [5.74, 6) is -3.28. The smallest absolute Gasteiger partial charge is 0.390 e. The Morgan fingerprint density at radius 2 is 1.71 bits per heavy atom. The van der Waals surface area contributed by atoms with Crippen molar-refractivity contribution in [3.05, 3.63) is 18.0 Å². The zero-order valence-electron chi connectivity index (χ0n) is 16.5. The fraction of sp³-hybridized carbons (Fsp3) is 0.556. The first-order valence-corrected chi connectivity index (χ1v) is 9.52. The van der Waals surface area contributed by atoms with Gasteiger partial charge in [-0.3, -0.25) is 0 Å². The zero-order chi connectivity index (χ0) is 22.6. The summed E-state index contributed by atoms with van der Waals surface area (Å²) in [4.78, 5) is 18.5. The molecular formula is C18H20F5N7O. The second kappa shape index (κ2) is 7.11. The summed E-state index contributed by atoms with van der Waals surface area (Å²) < 4.78 is 67.5. The van der Waals surface area contributed by atoms with Gasteiger partial charge in [0.2, 0.25) is 11.9 Å². The Labute approximate surface area is 173 Å². The highest BCUT2D eigenvalue weighted by Gasteiger charge is 2.45. The lowest BCUT2D eigenvalue weighted by molar-refractivity contribution is -0.140. The number of halogens is 5. The van der Waals surface area contributed by atoms with E-state index < -0.39 is 48.0 Å². The predicted octanol–water partition coefficient (Wildman–Crippen LogP) is 2.34. The Morgan fingerprint density at radius 3 is 2.29 bits per heavy atom. The van der Waals surface area contributed by atoms with Crippen molar-refractivity contribution in [2.24, 2.45) is 0 Å². The summed E-state index contributed by atoms with van der Waals surface area (Å²) >= 11 is 0. The molecule has 3 N–H and O–H groups in total. The normalized spacial score (nSPS) is 20.5. The number of rotatable bonds is 3. The van der Waals surface area contributed by atoms with Gasteiger partial charge in [-0.2, -0.15) is 18.2 Å². The molecule has 168 valence electrons. The van der Waals surface area contributed by atoms with Gasteiger partial charge in [-0.25, -0.2) is 23.7 Å². The molecule has 2 aliphatic rings. The van der Waals surface area contributed by atoms with Crippen molar-refractivity contribution in [3.8, 4) is 11.3 Å². The number of alkyl halides is 5. The number of nitrogen functional groups attached to an aromatic ring is 1. The Kier molecular flexibility index (Phi) is 4.91. The topological polar surface area (TPSA) is 104 Å². The number of aliphatic hydroxyl groups is 1. The standard InChI is InChI=1S/C18H20F5N7O/c1-16(31)2-4-29(5-3-16)15-26-11(6-12(27-15)30-8-17(19,20)9-30)10-7-25-14(24)28-13(10)18(21,22)23/h6-7,31H,2-5,8-9H2,1H3,(H2,24,25,28). The van der Waals surface area contributed by atoms with Crippen molar-refractivity contribution in [3.63, 3.8) is 0 Å². The van der Waals surface area contributed by atoms with Crippen LogP contribution in [0.4, 0.5) is 39.7 Å². The number of hydrogen-bond acceptors (Lipinski definition) is 8. The number of nitrogens with two attached hydrogens (primary N) is 1. The monoisotopic (exact) mass is 445 g/mol. The maximum Gasteiger partial charge on any atom is 0.434 e. The molecule has 2 fully saturated rings. The van der Waals surface area contributed by atoms with E-state index in [1.54, 1.807) is 11.8 Å². The van der Waals surface area contributed by atoms with Crippen molar-refractivity contribution in [2.75, 3.05) is 41.7 Å². The Bertz CT molecular complexity index is 980. The average Bonchev–Trinajstić information content (AvgIpc) is 2.65. The molecule has 2 aromatic heterocycles. The molecule has 0 aromatic carbocycles. The summed E-state index contributed by atoms with van der Waals surface area (Å²) in [5, 5.41) is 10.2. The van der Waals surface area contributed by atoms with Crippen LogP contribution < -0.4 is 15.5 Å². The minimum absolute atomic E-state index is 0.0770. The fourth-order valence-corrected chi connectivity index (χ4v) is 3.53. The first-order valence-electron chi connectivity index (χ1n) is 9.52. The first kappa shape index (κ1) is 21.4. The third-order valence-electron chi connectivity index (χ3n) is 5.34. The lowest BCUT2D eigenvalue weighted by Gasteiger charge is -2.40. The molecule has 4 rings (SSSR count). The number of nitrogens with zero attached hydrogens (tertiary/aromatic N) is 6. The van der Waals surface area contributed by atoms with Gasteiger partial charge in [0.05, 0.1) is 24.4 Å².